The van der Waals surface area contributed by atoms with Gasteiger partial charge in [0.25, 0.3) is 0 Å². The van der Waals surface area contributed by atoms with E-state index in [1.165, 1.54) is 5.56 Å². The van der Waals surface area contributed by atoms with Crippen molar-refractivity contribution in [3.63, 3.8) is 0 Å². The van der Waals surface area contributed by atoms with E-state index in [0.29, 0.717) is 0 Å². The van der Waals surface area contributed by atoms with Crippen molar-refractivity contribution < 1.29 is 0 Å². The molecule has 4 heteroatoms. The minimum atomic E-state index is 0.0132. The van der Waals surface area contributed by atoms with Crippen molar-refractivity contribution in [3.05, 3.63) is 34.2 Å². The molecule has 1 aromatic carbocycles. The predicted octanol–water partition coefficient (Wildman–Crippen LogP) is 1.56. The smallest absolute Gasteiger partial charge is 0.315 e. The van der Waals surface area contributed by atoms with Gasteiger partial charge < -0.3 is 10.3 Å². The zero-order valence-corrected chi connectivity index (χ0v) is 9.99. The summed E-state index contributed by atoms with van der Waals surface area (Å²) in [6.07, 6.45) is 2.21. The van der Waals surface area contributed by atoms with Gasteiger partial charge in [-0.05, 0) is 44.0 Å². The van der Waals surface area contributed by atoms with Crippen molar-refractivity contribution in [1.29, 1.82) is 0 Å². The van der Waals surface area contributed by atoms with Crippen LogP contribution in [0, 0.1) is 6.92 Å². The fraction of sp³-hybridized carbons (Fsp3) is 0.462. The molecule has 1 aromatic heterocycles. The molecule has 0 spiro atoms. The summed E-state index contributed by atoms with van der Waals surface area (Å²) in [6.45, 7) is 3.99. The summed E-state index contributed by atoms with van der Waals surface area (Å²) in [7, 11) is 0. The van der Waals surface area contributed by atoms with Crippen LogP contribution in [0.3, 0.4) is 0 Å². The summed E-state index contributed by atoms with van der Waals surface area (Å²) >= 11 is 0. The minimum absolute atomic E-state index is 0.0132. The lowest BCUT2D eigenvalue weighted by molar-refractivity contribution is 0.372. The number of fused-ring (bicyclic) bond motifs is 1. The van der Waals surface area contributed by atoms with Crippen molar-refractivity contribution in [2.24, 2.45) is 0 Å². The molecular formula is C13H17N3O. The number of rotatable bonds is 1. The van der Waals surface area contributed by atoms with Crippen molar-refractivity contribution in [2.45, 2.75) is 25.8 Å². The molecule has 1 atom stereocenters. The zero-order valence-electron chi connectivity index (χ0n) is 9.99. The van der Waals surface area contributed by atoms with E-state index in [9.17, 15) is 4.79 Å². The Morgan fingerprint density at radius 3 is 3.06 bits per heavy atom. The number of piperidine rings is 1. The quantitative estimate of drug-likeness (QED) is 0.782. The summed E-state index contributed by atoms with van der Waals surface area (Å²) in [5.41, 5.74) is 3.15. The maximum absolute atomic E-state index is 12.0. The first-order chi connectivity index (χ1) is 8.25. The number of H-pyrrole nitrogens is 1. The van der Waals surface area contributed by atoms with E-state index in [0.717, 1.165) is 37.0 Å². The fourth-order valence-electron chi connectivity index (χ4n) is 2.66. The second kappa shape index (κ2) is 4.04. The summed E-state index contributed by atoms with van der Waals surface area (Å²) in [5.74, 6) is 0. The number of aromatic amines is 1. The van der Waals surface area contributed by atoms with Crippen LogP contribution in [0.25, 0.3) is 11.0 Å². The molecule has 1 saturated heterocycles. The van der Waals surface area contributed by atoms with Gasteiger partial charge in [0, 0.05) is 6.54 Å². The SMILES string of the molecule is Cc1ccc2c(c1)[nH]c(=O)n2C1CCCNC1. The minimum Gasteiger partial charge on any atom is -0.315 e. The normalized spacial score (nSPS) is 20.9. The third-order valence-electron chi connectivity index (χ3n) is 3.51. The van der Waals surface area contributed by atoms with Gasteiger partial charge in [-0.1, -0.05) is 6.07 Å². The monoisotopic (exact) mass is 231 g/mol. The van der Waals surface area contributed by atoms with Crippen molar-refractivity contribution >= 4 is 11.0 Å². The molecule has 4 nitrogen and oxygen atoms in total. The largest absolute Gasteiger partial charge is 0.326 e. The average molecular weight is 231 g/mol. The first-order valence-electron chi connectivity index (χ1n) is 6.17. The van der Waals surface area contributed by atoms with Gasteiger partial charge in [0.2, 0.25) is 0 Å². The molecule has 1 aliphatic heterocycles. The lowest BCUT2D eigenvalue weighted by Crippen LogP contribution is -2.35. The average Bonchev–Trinajstić information content (AvgIpc) is 2.65. The molecule has 1 unspecified atom stereocenters. The van der Waals surface area contributed by atoms with E-state index in [2.05, 4.69) is 16.4 Å². The number of benzene rings is 1. The van der Waals surface area contributed by atoms with Crippen LogP contribution in [0.1, 0.15) is 24.4 Å². The van der Waals surface area contributed by atoms with Crippen LogP contribution in [0.15, 0.2) is 23.0 Å². The van der Waals surface area contributed by atoms with Gasteiger partial charge in [0.15, 0.2) is 0 Å². The van der Waals surface area contributed by atoms with E-state index in [1.54, 1.807) is 0 Å². The summed E-state index contributed by atoms with van der Waals surface area (Å²) in [5, 5.41) is 3.35. The fourth-order valence-corrected chi connectivity index (χ4v) is 2.66. The Morgan fingerprint density at radius 1 is 1.41 bits per heavy atom. The van der Waals surface area contributed by atoms with Crippen molar-refractivity contribution in [3.8, 4) is 0 Å². The predicted molar refractivity (Wildman–Crippen MR) is 68.4 cm³/mol. The highest BCUT2D eigenvalue weighted by molar-refractivity contribution is 5.76. The molecule has 1 fully saturated rings. The Kier molecular flexibility index (Phi) is 2.52. The number of hydrogen-bond acceptors (Lipinski definition) is 2. The second-order valence-corrected chi connectivity index (χ2v) is 4.82. The van der Waals surface area contributed by atoms with E-state index >= 15 is 0 Å². The van der Waals surface area contributed by atoms with Gasteiger partial charge in [-0.3, -0.25) is 4.57 Å². The summed E-state index contributed by atoms with van der Waals surface area (Å²) < 4.78 is 1.90. The highest BCUT2D eigenvalue weighted by atomic mass is 16.1. The summed E-state index contributed by atoms with van der Waals surface area (Å²) in [4.78, 5) is 15.0. The molecule has 0 radical (unpaired) electrons. The molecular weight excluding hydrogens is 214 g/mol. The molecule has 90 valence electrons. The van der Waals surface area contributed by atoms with E-state index in [1.807, 2.05) is 23.6 Å². The van der Waals surface area contributed by atoms with Crippen LogP contribution in [0.4, 0.5) is 0 Å². The number of nitrogens with zero attached hydrogens (tertiary/aromatic N) is 1. The third-order valence-corrected chi connectivity index (χ3v) is 3.51. The van der Waals surface area contributed by atoms with Crippen LogP contribution in [-0.4, -0.2) is 22.6 Å². The van der Waals surface area contributed by atoms with Crippen LogP contribution < -0.4 is 11.0 Å². The molecule has 2 aromatic rings. The highest BCUT2D eigenvalue weighted by Crippen LogP contribution is 2.20. The number of aromatic nitrogens is 2. The first kappa shape index (κ1) is 10.6. The highest BCUT2D eigenvalue weighted by Gasteiger charge is 2.19. The maximum atomic E-state index is 12.0. The maximum Gasteiger partial charge on any atom is 0.326 e. The van der Waals surface area contributed by atoms with E-state index < -0.39 is 0 Å². The van der Waals surface area contributed by atoms with Gasteiger partial charge in [-0.15, -0.1) is 0 Å². The van der Waals surface area contributed by atoms with Crippen molar-refractivity contribution in [2.75, 3.05) is 13.1 Å². The van der Waals surface area contributed by atoms with Gasteiger partial charge in [0.05, 0.1) is 17.1 Å². The molecule has 0 aliphatic carbocycles. The standard InChI is InChI=1S/C13H17N3O/c1-9-4-5-12-11(7-9)15-13(17)16(12)10-3-2-6-14-8-10/h4-5,7,10,14H,2-3,6,8H2,1H3,(H,15,17). The Labute approximate surface area is 99.6 Å². The molecule has 2 heterocycles. The van der Waals surface area contributed by atoms with Gasteiger partial charge in [-0.25, -0.2) is 4.79 Å². The number of imidazole rings is 1. The second-order valence-electron chi connectivity index (χ2n) is 4.82. The number of aryl methyl sites for hydroxylation is 1. The molecule has 3 rings (SSSR count). The Hall–Kier alpha value is -1.55. The van der Waals surface area contributed by atoms with Crippen LogP contribution in [-0.2, 0) is 0 Å². The number of hydrogen-bond donors (Lipinski definition) is 2. The van der Waals surface area contributed by atoms with E-state index in [-0.39, 0.29) is 11.7 Å². The molecule has 1 aliphatic rings. The molecule has 0 bridgehead atoms. The Bertz CT molecular complexity index is 590. The van der Waals surface area contributed by atoms with Gasteiger partial charge >= 0.3 is 5.69 Å². The Balaban J connectivity index is 2.14. The van der Waals surface area contributed by atoms with Crippen molar-refractivity contribution in [1.82, 2.24) is 14.9 Å². The lowest BCUT2D eigenvalue weighted by Gasteiger charge is -2.23. The van der Waals surface area contributed by atoms with Crippen LogP contribution >= 0.6 is 0 Å². The van der Waals surface area contributed by atoms with Crippen LogP contribution in [0.5, 0.6) is 0 Å². The zero-order chi connectivity index (χ0) is 11.8. The van der Waals surface area contributed by atoms with E-state index in [4.69, 9.17) is 0 Å². The van der Waals surface area contributed by atoms with Gasteiger partial charge in [-0.2, -0.15) is 0 Å². The van der Waals surface area contributed by atoms with Crippen LogP contribution in [0.2, 0.25) is 0 Å². The molecule has 0 saturated carbocycles. The number of nitrogens with one attached hydrogen (secondary N) is 2. The summed E-state index contributed by atoms with van der Waals surface area (Å²) in [6, 6.07) is 6.41. The third kappa shape index (κ3) is 1.78. The Morgan fingerprint density at radius 2 is 2.29 bits per heavy atom. The molecule has 17 heavy (non-hydrogen) atoms. The molecule has 2 N–H and O–H groups in total. The topological polar surface area (TPSA) is 49.8 Å². The lowest BCUT2D eigenvalue weighted by atomic mass is 10.1. The van der Waals surface area contributed by atoms with Gasteiger partial charge in [0.1, 0.15) is 0 Å². The molecule has 0 amide bonds. The first-order valence-corrected chi connectivity index (χ1v) is 6.17.